The lowest BCUT2D eigenvalue weighted by atomic mass is 9.99. The highest BCUT2D eigenvalue weighted by Gasteiger charge is 2.35. The minimum atomic E-state index is -0.686. The summed E-state index contributed by atoms with van der Waals surface area (Å²) >= 11 is 3.41. The third-order valence-electron chi connectivity index (χ3n) is 3.95. The number of nitrogens with two attached hydrogens (primary N) is 1. The monoisotopic (exact) mass is 340 g/mol. The van der Waals surface area contributed by atoms with E-state index in [1.165, 1.54) is 0 Å². The third-order valence-corrected chi connectivity index (χ3v) is 4.45. The molecule has 0 bridgehead atoms. The SMILES string of the molecule is CN(CC1(O)CCCC1)C(C(N)=O)c1cccc(Br)c1. The number of benzene rings is 1. The van der Waals surface area contributed by atoms with Crippen molar-refractivity contribution in [1.29, 1.82) is 0 Å². The first-order valence-electron chi connectivity index (χ1n) is 6.89. The number of aliphatic hydroxyl groups is 1. The Balaban J connectivity index is 2.18. The number of hydrogen-bond acceptors (Lipinski definition) is 3. The highest BCUT2D eigenvalue weighted by atomic mass is 79.9. The van der Waals surface area contributed by atoms with Gasteiger partial charge in [0, 0.05) is 11.0 Å². The Hall–Kier alpha value is -0.910. The standard InChI is InChI=1S/C15H21BrN2O2/c1-18(10-15(20)7-2-3-8-15)13(14(17)19)11-5-4-6-12(16)9-11/h4-6,9,13,20H,2-3,7-8,10H2,1H3,(H2,17,19). The Morgan fingerprint density at radius 1 is 1.50 bits per heavy atom. The average Bonchev–Trinajstić information content (AvgIpc) is 2.75. The predicted molar refractivity (Wildman–Crippen MR) is 82.1 cm³/mol. The fraction of sp³-hybridized carbons (Fsp3) is 0.533. The lowest BCUT2D eigenvalue weighted by Crippen LogP contribution is -2.44. The maximum Gasteiger partial charge on any atom is 0.239 e. The van der Waals surface area contributed by atoms with Crippen molar-refractivity contribution in [3.8, 4) is 0 Å². The minimum Gasteiger partial charge on any atom is -0.389 e. The van der Waals surface area contributed by atoms with Gasteiger partial charge in [-0.25, -0.2) is 0 Å². The van der Waals surface area contributed by atoms with Crippen LogP contribution in [0.1, 0.15) is 37.3 Å². The van der Waals surface area contributed by atoms with Crippen LogP contribution in [-0.2, 0) is 4.79 Å². The van der Waals surface area contributed by atoms with Gasteiger partial charge in [-0.3, -0.25) is 9.69 Å². The normalized spacial score (nSPS) is 19.2. The molecule has 0 radical (unpaired) electrons. The second-order valence-electron chi connectivity index (χ2n) is 5.71. The van der Waals surface area contributed by atoms with E-state index in [9.17, 15) is 9.90 Å². The molecule has 1 atom stereocenters. The zero-order chi connectivity index (χ0) is 14.8. The van der Waals surface area contributed by atoms with Crippen molar-refractivity contribution in [2.45, 2.75) is 37.3 Å². The maximum absolute atomic E-state index is 11.8. The highest BCUT2D eigenvalue weighted by Crippen LogP contribution is 2.32. The van der Waals surface area contributed by atoms with Crippen LogP contribution in [0.5, 0.6) is 0 Å². The summed E-state index contributed by atoms with van der Waals surface area (Å²) in [7, 11) is 1.84. The van der Waals surface area contributed by atoms with E-state index >= 15 is 0 Å². The average molecular weight is 341 g/mol. The number of primary amides is 1. The second-order valence-corrected chi connectivity index (χ2v) is 6.62. The Labute approximate surface area is 128 Å². The molecule has 2 rings (SSSR count). The van der Waals surface area contributed by atoms with Crippen LogP contribution >= 0.6 is 15.9 Å². The molecule has 3 N–H and O–H groups in total. The first kappa shape index (κ1) is 15.5. The molecular formula is C15H21BrN2O2. The number of hydrogen-bond donors (Lipinski definition) is 2. The summed E-state index contributed by atoms with van der Waals surface area (Å²) in [6.45, 7) is 0.465. The topological polar surface area (TPSA) is 66.6 Å². The second kappa shape index (κ2) is 6.24. The molecule has 1 unspecified atom stereocenters. The molecule has 0 heterocycles. The van der Waals surface area contributed by atoms with E-state index in [0.29, 0.717) is 6.54 Å². The summed E-state index contributed by atoms with van der Waals surface area (Å²) in [5, 5.41) is 10.5. The Bertz CT molecular complexity index is 487. The quantitative estimate of drug-likeness (QED) is 0.863. The van der Waals surface area contributed by atoms with Crippen LogP contribution in [0, 0.1) is 0 Å². The number of nitrogens with zero attached hydrogens (tertiary/aromatic N) is 1. The summed E-state index contributed by atoms with van der Waals surface area (Å²) in [6.07, 6.45) is 3.67. The number of amides is 1. The van der Waals surface area contributed by atoms with Crippen LogP contribution in [0.15, 0.2) is 28.7 Å². The Morgan fingerprint density at radius 3 is 2.70 bits per heavy atom. The molecule has 0 spiro atoms. The van der Waals surface area contributed by atoms with Crippen LogP contribution in [0.3, 0.4) is 0 Å². The molecule has 1 aromatic carbocycles. The molecule has 20 heavy (non-hydrogen) atoms. The van der Waals surface area contributed by atoms with E-state index in [4.69, 9.17) is 5.73 Å². The van der Waals surface area contributed by atoms with E-state index in [1.807, 2.05) is 36.2 Å². The van der Waals surface area contributed by atoms with Gasteiger partial charge >= 0.3 is 0 Å². The molecule has 1 amide bonds. The zero-order valence-corrected chi connectivity index (χ0v) is 13.3. The molecule has 0 aromatic heterocycles. The van der Waals surface area contributed by atoms with Crippen LogP contribution in [-0.4, -0.2) is 35.1 Å². The van der Waals surface area contributed by atoms with Crippen molar-refractivity contribution >= 4 is 21.8 Å². The van der Waals surface area contributed by atoms with Crippen LogP contribution in [0.2, 0.25) is 0 Å². The summed E-state index contributed by atoms with van der Waals surface area (Å²) in [4.78, 5) is 13.7. The maximum atomic E-state index is 11.8. The fourth-order valence-corrected chi connectivity index (χ4v) is 3.48. The van der Waals surface area contributed by atoms with Crippen molar-refractivity contribution in [3.05, 3.63) is 34.3 Å². The first-order valence-corrected chi connectivity index (χ1v) is 7.68. The molecule has 110 valence electrons. The van der Waals surface area contributed by atoms with Crippen molar-refractivity contribution in [2.75, 3.05) is 13.6 Å². The van der Waals surface area contributed by atoms with Gasteiger partial charge in [0.2, 0.25) is 5.91 Å². The molecule has 1 aromatic rings. The van der Waals surface area contributed by atoms with Gasteiger partial charge in [0.25, 0.3) is 0 Å². The van der Waals surface area contributed by atoms with Crippen LogP contribution in [0.25, 0.3) is 0 Å². The molecule has 5 heteroatoms. The Kier molecular flexibility index (Phi) is 4.83. The Morgan fingerprint density at radius 2 is 2.15 bits per heavy atom. The number of likely N-dealkylation sites (N-methyl/N-ethyl adjacent to an activating group) is 1. The lowest BCUT2D eigenvalue weighted by molar-refractivity contribution is -0.124. The van der Waals surface area contributed by atoms with Gasteiger partial charge in [-0.15, -0.1) is 0 Å². The molecule has 1 saturated carbocycles. The van der Waals surface area contributed by atoms with Gasteiger partial charge in [0.1, 0.15) is 6.04 Å². The van der Waals surface area contributed by atoms with E-state index in [-0.39, 0.29) is 0 Å². The third kappa shape index (κ3) is 3.59. The number of carbonyl (C=O) groups excluding carboxylic acids is 1. The van der Waals surface area contributed by atoms with E-state index < -0.39 is 17.6 Å². The summed E-state index contributed by atoms with van der Waals surface area (Å²) in [5.41, 5.74) is 5.72. The highest BCUT2D eigenvalue weighted by molar-refractivity contribution is 9.10. The smallest absolute Gasteiger partial charge is 0.239 e. The fourth-order valence-electron chi connectivity index (χ4n) is 3.06. The summed E-state index contributed by atoms with van der Waals surface area (Å²) in [5.74, 6) is -0.396. The molecule has 0 aliphatic heterocycles. The van der Waals surface area contributed by atoms with Crippen molar-refractivity contribution < 1.29 is 9.90 Å². The summed E-state index contributed by atoms with van der Waals surface area (Å²) in [6, 6.07) is 7.05. The van der Waals surface area contributed by atoms with Gasteiger partial charge in [-0.1, -0.05) is 40.9 Å². The number of halogens is 1. The van der Waals surface area contributed by atoms with E-state index in [0.717, 1.165) is 35.7 Å². The van der Waals surface area contributed by atoms with Gasteiger partial charge < -0.3 is 10.8 Å². The number of rotatable bonds is 5. The van der Waals surface area contributed by atoms with Crippen molar-refractivity contribution in [1.82, 2.24) is 4.90 Å². The minimum absolute atomic E-state index is 0.396. The van der Waals surface area contributed by atoms with Crippen molar-refractivity contribution in [2.24, 2.45) is 5.73 Å². The predicted octanol–water partition coefficient (Wildman–Crippen LogP) is 2.21. The van der Waals surface area contributed by atoms with Crippen LogP contribution in [0.4, 0.5) is 0 Å². The van der Waals surface area contributed by atoms with Gasteiger partial charge in [0.05, 0.1) is 5.60 Å². The number of carbonyl (C=O) groups is 1. The van der Waals surface area contributed by atoms with Gasteiger partial charge in [-0.2, -0.15) is 0 Å². The molecule has 4 nitrogen and oxygen atoms in total. The van der Waals surface area contributed by atoms with Crippen LogP contribution < -0.4 is 5.73 Å². The zero-order valence-electron chi connectivity index (χ0n) is 11.7. The van der Waals surface area contributed by atoms with Crippen molar-refractivity contribution in [3.63, 3.8) is 0 Å². The van der Waals surface area contributed by atoms with E-state index in [1.54, 1.807) is 0 Å². The molecular weight excluding hydrogens is 320 g/mol. The van der Waals surface area contributed by atoms with E-state index in [2.05, 4.69) is 15.9 Å². The molecule has 1 aliphatic carbocycles. The van der Waals surface area contributed by atoms with Gasteiger partial charge in [0.15, 0.2) is 0 Å². The molecule has 1 fully saturated rings. The molecule has 1 aliphatic rings. The van der Waals surface area contributed by atoms with Gasteiger partial charge in [-0.05, 0) is 37.6 Å². The summed E-state index contributed by atoms with van der Waals surface area (Å²) < 4.78 is 0.911. The largest absolute Gasteiger partial charge is 0.389 e. The lowest BCUT2D eigenvalue weighted by Gasteiger charge is -2.33. The first-order chi connectivity index (χ1) is 9.41. The molecule has 0 saturated heterocycles.